The number of hydrogen-bond donors (Lipinski definition) is 1. The van der Waals surface area contributed by atoms with Crippen LogP contribution in [0.25, 0.3) is 0 Å². The fourth-order valence-corrected chi connectivity index (χ4v) is 4.39. The number of carbonyl (C=O) groups excluding carboxylic acids is 2. The van der Waals surface area contributed by atoms with Gasteiger partial charge in [0.25, 0.3) is 0 Å². The van der Waals surface area contributed by atoms with Crippen LogP contribution in [0.1, 0.15) is 45.6 Å². The Hall–Kier alpha value is -2.87. The van der Waals surface area contributed by atoms with Gasteiger partial charge in [-0.05, 0) is 44.4 Å². The second kappa shape index (κ2) is 12.4. The van der Waals surface area contributed by atoms with Gasteiger partial charge in [0.1, 0.15) is 6.04 Å². The van der Waals surface area contributed by atoms with Crippen LogP contribution in [0.15, 0.2) is 60.7 Å². The lowest BCUT2D eigenvalue weighted by Gasteiger charge is -2.30. The average Bonchev–Trinajstić information content (AvgIpc) is 2.80. The highest BCUT2D eigenvalue weighted by molar-refractivity contribution is 7.92. The third-order valence-electron chi connectivity index (χ3n) is 5.56. The van der Waals surface area contributed by atoms with E-state index in [-0.39, 0.29) is 30.8 Å². The van der Waals surface area contributed by atoms with E-state index in [2.05, 4.69) is 5.32 Å². The van der Waals surface area contributed by atoms with Gasteiger partial charge in [-0.3, -0.25) is 13.9 Å². The van der Waals surface area contributed by atoms with E-state index in [1.54, 1.807) is 36.1 Å². The molecule has 0 saturated heterocycles. The first-order chi connectivity index (χ1) is 15.6. The molecule has 0 saturated carbocycles. The molecule has 33 heavy (non-hydrogen) atoms. The number of nitrogens with zero attached hydrogens (tertiary/aromatic N) is 2. The molecule has 0 aliphatic rings. The molecule has 2 aromatic rings. The quantitative estimate of drug-likeness (QED) is 0.511. The third-order valence-corrected chi connectivity index (χ3v) is 6.75. The van der Waals surface area contributed by atoms with Crippen LogP contribution in [0.3, 0.4) is 0 Å². The highest BCUT2D eigenvalue weighted by Crippen LogP contribution is 2.18. The zero-order chi connectivity index (χ0) is 24.4. The zero-order valence-corrected chi connectivity index (χ0v) is 20.7. The van der Waals surface area contributed by atoms with E-state index >= 15 is 0 Å². The second-order valence-corrected chi connectivity index (χ2v) is 10.2. The van der Waals surface area contributed by atoms with Gasteiger partial charge in [-0.15, -0.1) is 0 Å². The molecular weight excluding hydrogens is 438 g/mol. The second-order valence-electron chi connectivity index (χ2n) is 8.28. The van der Waals surface area contributed by atoms with Crippen LogP contribution in [0, 0.1) is 0 Å². The summed E-state index contributed by atoms with van der Waals surface area (Å²) in [6.45, 7) is 6.13. The smallest absolute Gasteiger partial charge is 0.242 e. The number of sulfonamides is 1. The van der Waals surface area contributed by atoms with E-state index in [0.29, 0.717) is 18.7 Å². The van der Waals surface area contributed by atoms with E-state index < -0.39 is 16.1 Å². The number of amides is 2. The van der Waals surface area contributed by atoms with Crippen molar-refractivity contribution in [1.82, 2.24) is 10.2 Å². The summed E-state index contributed by atoms with van der Waals surface area (Å²) in [5.41, 5.74) is 1.49. The first-order valence-corrected chi connectivity index (χ1v) is 13.1. The molecule has 0 aliphatic carbocycles. The number of carbonyl (C=O) groups is 2. The molecule has 0 bridgehead atoms. The predicted octanol–water partition coefficient (Wildman–Crippen LogP) is 3.56. The molecule has 8 heteroatoms. The van der Waals surface area contributed by atoms with Gasteiger partial charge < -0.3 is 10.2 Å². The van der Waals surface area contributed by atoms with Crippen molar-refractivity contribution in [3.63, 3.8) is 0 Å². The Bertz CT molecular complexity index is 997. The Labute approximate surface area is 197 Å². The molecular formula is C25H35N3O4S. The summed E-state index contributed by atoms with van der Waals surface area (Å²) in [6, 6.07) is 17.7. The Kier molecular flexibility index (Phi) is 9.91. The lowest BCUT2D eigenvalue weighted by molar-refractivity contribution is -0.140. The summed E-state index contributed by atoms with van der Waals surface area (Å²) in [6.07, 6.45) is 2.43. The van der Waals surface area contributed by atoms with Gasteiger partial charge in [-0.2, -0.15) is 0 Å². The van der Waals surface area contributed by atoms with Crippen LogP contribution in [-0.4, -0.2) is 50.0 Å². The van der Waals surface area contributed by atoms with E-state index in [9.17, 15) is 18.0 Å². The summed E-state index contributed by atoms with van der Waals surface area (Å²) in [5.74, 6) is -0.386. The normalized spacial score (nSPS) is 13.1. The van der Waals surface area contributed by atoms with E-state index in [4.69, 9.17) is 0 Å². The predicted molar refractivity (Wildman–Crippen MR) is 132 cm³/mol. The van der Waals surface area contributed by atoms with Gasteiger partial charge in [0.05, 0.1) is 11.9 Å². The molecule has 0 unspecified atom stereocenters. The van der Waals surface area contributed by atoms with E-state index in [0.717, 1.165) is 18.2 Å². The number of benzene rings is 2. The molecule has 180 valence electrons. The van der Waals surface area contributed by atoms with Crippen molar-refractivity contribution in [1.29, 1.82) is 0 Å². The first-order valence-electron chi connectivity index (χ1n) is 11.3. The Morgan fingerprint density at radius 2 is 1.55 bits per heavy atom. The third kappa shape index (κ3) is 8.20. The van der Waals surface area contributed by atoms with Gasteiger partial charge >= 0.3 is 0 Å². The van der Waals surface area contributed by atoms with Crippen molar-refractivity contribution in [3.05, 3.63) is 66.2 Å². The molecule has 0 aliphatic heterocycles. The van der Waals surface area contributed by atoms with Crippen molar-refractivity contribution in [3.8, 4) is 0 Å². The fourth-order valence-electron chi connectivity index (χ4n) is 3.43. The maximum absolute atomic E-state index is 13.2. The van der Waals surface area contributed by atoms with Crippen LogP contribution < -0.4 is 9.62 Å². The maximum atomic E-state index is 13.2. The number of anilines is 1. The van der Waals surface area contributed by atoms with Crippen LogP contribution in [-0.2, 0) is 26.2 Å². The van der Waals surface area contributed by atoms with Crippen molar-refractivity contribution >= 4 is 27.5 Å². The number of rotatable bonds is 12. The summed E-state index contributed by atoms with van der Waals surface area (Å²) < 4.78 is 25.9. The van der Waals surface area contributed by atoms with Crippen LogP contribution >= 0.6 is 0 Å². The Balaban J connectivity index is 2.12. The average molecular weight is 474 g/mol. The number of hydrogen-bond acceptors (Lipinski definition) is 4. The highest BCUT2D eigenvalue weighted by Gasteiger charge is 2.27. The standard InChI is InChI=1S/C25H35N3O4S/c1-5-20(2)26-25(30)21(3)27(19-22-13-8-6-9-14-22)24(29)17-12-18-28(33(4,31)32)23-15-10-7-11-16-23/h6-11,13-16,20-21H,5,12,17-19H2,1-4H3,(H,26,30)/t20-,21-/m1/s1. The van der Waals surface area contributed by atoms with Crippen LogP contribution in [0.4, 0.5) is 5.69 Å². The largest absolute Gasteiger partial charge is 0.352 e. The SMILES string of the molecule is CC[C@@H](C)NC(=O)[C@@H](C)N(Cc1ccccc1)C(=O)CCCN(c1ccccc1)S(C)(=O)=O. The highest BCUT2D eigenvalue weighted by atomic mass is 32.2. The maximum Gasteiger partial charge on any atom is 0.242 e. The molecule has 0 heterocycles. The van der Waals surface area contributed by atoms with Crippen LogP contribution in [0.2, 0.25) is 0 Å². The summed E-state index contributed by atoms with van der Waals surface area (Å²) in [7, 11) is -3.49. The lowest BCUT2D eigenvalue weighted by atomic mass is 10.1. The zero-order valence-electron chi connectivity index (χ0n) is 19.9. The minimum atomic E-state index is -3.49. The number of para-hydroxylation sites is 1. The van der Waals surface area contributed by atoms with Crippen molar-refractivity contribution in [2.24, 2.45) is 0 Å². The van der Waals surface area contributed by atoms with Crippen LogP contribution in [0.5, 0.6) is 0 Å². The molecule has 2 rings (SSSR count). The van der Waals surface area contributed by atoms with Gasteiger partial charge in [-0.1, -0.05) is 55.5 Å². The summed E-state index contributed by atoms with van der Waals surface area (Å²) in [4.78, 5) is 27.5. The summed E-state index contributed by atoms with van der Waals surface area (Å²) >= 11 is 0. The number of nitrogens with one attached hydrogen (secondary N) is 1. The molecule has 0 radical (unpaired) electrons. The molecule has 2 atom stereocenters. The van der Waals surface area contributed by atoms with Gasteiger partial charge in [0, 0.05) is 25.6 Å². The molecule has 0 fully saturated rings. The Morgan fingerprint density at radius 1 is 0.970 bits per heavy atom. The van der Waals surface area contributed by atoms with E-state index in [1.165, 1.54) is 4.31 Å². The molecule has 7 nitrogen and oxygen atoms in total. The van der Waals surface area contributed by atoms with Gasteiger partial charge in [0.2, 0.25) is 21.8 Å². The molecule has 0 spiro atoms. The Morgan fingerprint density at radius 3 is 2.09 bits per heavy atom. The fraction of sp³-hybridized carbons (Fsp3) is 0.440. The van der Waals surface area contributed by atoms with Gasteiger partial charge in [0.15, 0.2) is 0 Å². The summed E-state index contributed by atoms with van der Waals surface area (Å²) in [5, 5.41) is 2.95. The molecule has 1 N–H and O–H groups in total. The lowest BCUT2D eigenvalue weighted by Crippen LogP contribution is -2.49. The minimum Gasteiger partial charge on any atom is -0.352 e. The molecule has 2 amide bonds. The van der Waals surface area contributed by atoms with Crippen molar-refractivity contribution < 1.29 is 18.0 Å². The van der Waals surface area contributed by atoms with Crippen molar-refractivity contribution in [2.75, 3.05) is 17.1 Å². The topological polar surface area (TPSA) is 86.8 Å². The monoisotopic (exact) mass is 473 g/mol. The minimum absolute atomic E-state index is 0.0165. The molecule has 2 aromatic carbocycles. The van der Waals surface area contributed by atoms with Crippen molar-refractivity contribution in [2.45, 2.75) is 58.7 Å². The molecule has 0 aromatic heterocycles. The first kappa shape index (κ1) is 26.4. The van der Waals surface area contributed by atoms with E-state index in [1.807, 2.05) is 50.2 Å². The van der Waals surface area contributed by atoms with Gasteiger partial charge in [-0.25, -0.2) is 8.42 Å².